The van der Waals surface area contributed by atoms with Crippen molar-refractivity contribution in [1.29, 1.82) is 0 Å². The second kappa shape index (κ2) is 9.70. The zero-order valence-electron chi connectivity index (χ0n) is 13.9. The van der Waals surface area contributed by atoms with Crippen LogP contribution in [0.1, 0.15) is 45.1 Å². The first-order valence-corrected chi connectivity index (χ1v) is 8.54. The summed E-state index contributed by atoms with van der Waals surface area (Å²) in [5.74, 6) is 1.69. The molecule has 1 aliphatic heterocycles. The van der Waals surface area contributed by atoms with Gasteiger partial charge in [-0.2, -0.15) is 0 Å². The molecule has 0 aliphatic carbocycles. The number of hydrogen-bond acceptors (Lipinski definition) is 4. The van der Waals surface area contributed by atoms with Crippen LogP contribution in [-0.4, -0.2) is 32.5 Å². The van der Waals surface area contributed by atoms with Crippen LogP contribution >= 0.6 is 0 Å². The van der Waals surface area contributed by atoms with Crippen LogP contribution in [0.25, 0.3) is 0 Å². The Labute approximate surface area is 134 Å². The standard InChI is InChI=1S/C18H29NO3/c1-3-5-10-22-17-9-8-15(12-18(17)20-4-2)13-19-14-16-7-6-11-21-16/h8-9,12,16,19H,3-7,10-11,13-14H2,1-2H3. The Morgan fingerprint density at radius 3 is 2.86 bits per heavy atom. The lowest BCUT2D eigenvalue weighted by Crippen LogP contribution is -2.25. The summed E-state index contributed by atoms with van der Waals surface area (Å²) >= 11 is 0. The summed E-state index contributed by atoms with van der Waals surface area (Å²) in [7, 11) is 0. The molecule has 1 unspecified atom stereocenters. The Morgan fingerprint density at radius 1 is 1.23 bits per heavy atom. The normalized spacial score (nSPS) is 17.6. The molecule has 1 atom stereocenters. The van der Waals surface area contributed by atoms with Crippen LogP contribution in [-0.2, 0) is 11.3 Å². The maximum absolute atomic E-state index is 5.81. The molecule has 0 saturated carbocycles. The van der Waals surface area contributed by atoms with Gasteiger partial charge in [-0.1, -0.05) is 19.4 Å². The first-order chi connectivity index (χ1) is 10.8. The number of unbranched alkanes of at least 4 members (excludes halogenated alkanes) is 1. The molecule has 1 aromatic rings. The molecular weight excluding hydrogens is 278 g/mol. The van der Waals surface area contributed by atoms with Gasteiger partial charge in [0.2, 0.25) is 0 Å². The van der Waals surface area contributed by atoms with Gasteiger partial charge < -0.3 is 19.5 Å². The smallest absolute Gasteiger partial charge is 0.161 e. The lowest BCUT2D eigenvalue weighted by molar-refractivity contribution is 0.110. The van der Waals surface area contributed by atoms with Gasteiger partial charge in [0.1, 0.15) is 0 Å². The second-order valence-electron chi connectivity index (χ2n) is 5.68. The second-order valence-corrected chi connectivity index (χ2v) is 5.68. The van der Waals surface area contributed by atoms with Gasteiger partial charge in [-0.3, -0.25) is 0 Å². The predicted molar refractivity (Wildman–Crippen MR) is 88.7 cm³/mol. The molecule has 1 aliphatic rings. The summed E-state index contributed by atoms with van der Waals surface area (Å²) in [5.41, 5.74) is 1.21. The van der Waals surface area contributed by atoms with Crippen LogP contribution < -0.4 is 14.8 Å². The van der Waals surface area contributed by atoms with Crippen LogP contribution in [0.5, 0.6) is 11.5 Å². The van der Waals surface area contributed by atoms with Crippen molar-refractivity contribution in [2.24, 2.45) is 0 Å². The summed E-state index contributed by atoms with van der Waals surface area (Å²) in [6, 6.07) is 6.20. The minimum atomic E-state index is 0.378. The van der Waals surface area contributed by atoms with Gasteiger partial charge >= 0.3 is 0 Å². The Balaban J connectivity index is 1.86. The molecule has 0 radical (unpaired) electrons. The third kappa shape index (κ3) is 5.50. The van der Waals surface area contributed by atoms with E-state index in [1.165, 1.54) is 18.4 Å². The molecule has 0 aromatic heterocycles. The molecule has 1 saturated heterocycles. The van der Waals surface area contributed by atoms with Crippen molar-refractivity contribution in [3.63, 3.8) is 0 Å². The molecule has 4 heteroatoms. The number of benzene rings is 1. The molecular formula is C18H29NO3. The largest absolute Gasteiger partial charge is 0.490 e. The molecule has 1 fully saturated rings. The highest BCUT2D eigenvalue weighted by atomic mass is 16.5. The minimum Gasteiger partial charge on any atom is -0.490 e. The molecule has 22 heavy (non-hydrogen) atoms. The average molecular weight is 307 g/mol. The van der Waals surface area contributed by atoms with Crippen LogP contribution in [0.3, 0.4) is 0 Å². The fraction of sp³-hybridized carbons (Fsp3) is 0.667. The zero-order chi connectivity index (χ0) is 15.6. The summed E-state index contributed by atoms with van der Waals surface area (Å²) in [6.07, 6.45) is 4.93. The minimum absolute atomic E-state index is 0.378. The van der Waals surface area contributed by atoms with E-state index < -0.39 is 0 Å². The van der Waals surface area contributed by atoms with Gasteiger partial charge in [-0.05, 0) is 43.9 Å². The fourth-order valence-corrected chi connectivity index (χ4v) is 2.56. The van der Waals surface area contributed by atoms with Crippen molar-refractivity contribution in [2.75, 3.05) is 26.4 Å². The molecule has 0 bridgehead atoms. The first-order valence-electron chi connectivity index (χ1n) is 8.54. The van der Waals surface area contributed by atoms with Crippen molar-refractivity contribution in [1.82, 2.24) is 5.32 Å². The summed E-state index contributed by atoms with van der Waals surface area (Å²) in [5, 5.41) is 3.46. The molecule has 1 aromatic carbocycles. The van der Waals surface area contributed by atoms with Crippen LogP contribution in [0.15, 0.2) is 18.2 Å². The van der Waals surface area contributed by atoms with E-state index in [4.69, 9.17) is 14.2 Å². The average Bonchev–Trinajstić information content (AvgIpc) is 3.03. The summed E-state index contributed by atoms with van der Waals surface area (Å²) in [6.45, 7) is 8.20. The highest BCUT2D eigenvalue weighted by Gasteiger charge is 2.14. The van der Waals surface area contributed by atoms with Gasteiger partial charge in [-0.25, -0.2) is 0 Å². The van der Waals surface area contributed by atoms with E-state index in [1.54, 1.807) is 0 Å². The Morgan fingerprint density at radius 2 is 2.14 bits per heavy atom. The Bertz CT molecular complexity index is 430. The number of nitrogens with one attached hydrogen (secondary N) is 1. The maximum atomic E-state index is 5.81. The summed E-state index contributed by atoms with van der Waals surface area (Å²) in [4.78, 5) is 0. The third-order valence-electron chi connectivity index (χ3n) is 3.79. The predicted octanol–water partition coefficient (Wildman–Crippen LogP) is 3.53. The van der Waals surface area contributed by atoms with E-state index >= 15 is 0 Å². The molecule has 124 valence electrons. The van der Waals surface area contributed by atoms with Gasteiger partial charge in [0.15, 0.2) is 11.5 Å². The van der Waals surface area contributed by atoms with E-state index in [2.05, 4.69) is 24.4 Å². The van der Waals surface area contributed by atoms with E-state index in [-0.39, 0.29) is 0 Å². The van der Waals surface area contributed by atoms with E-state index in [0.717, 1.165) is 50.6 Å². The lowest BCUT2D eigenvalue weighted by Gasteiger charge is -2.14. The maximum Gasteiger partial charge on any atom is 0.161 e. The molecule has 0 spiro atoms. The monoisotopic (exact) mass is 307 g/mol. The number of ether oxygens (including phenoxy) is 3. The topological polar surface area (TPSA) is 39.7 Å². The molecule has 4 nitrogen and oxygen atoms in total. The first kappa shape index (κ1) is 17.1. The van der Waals surface area contributed by atoms with Crippen molar-refractivity contribution in [2.45, 2.75) is 52.2 Å². The molecule has 2 rings (SSSR count). The summed E-state index contributed by atoms with van der Waals surface area (Å²) < 4.78 is 17.1. The zero-order valence-corrected chi connectivity index (χ0v) is 13.9. The quantitative estimate of drug-likeness (QED) is 0.671. The van der Waals surface area contributed by atoms with Gasteiger partial charge in [0.05, 0.1) is 19.3 Å². The van der Waals surface area contributed by atoms with Crippen molar-refractivity contribution in [3.05, 3.63) is 23.8 Å². The number of hydrogen-bond donors (Lipinski definition) is 1. The van der Waals surface area contributed by atoms with Crippen LogP contribution in [0.4, 0.5) is 0 Å². The van der Waals surface area contributed by atoms with Crippen molar-refractivity contribution >= 4 is 0 Å². The number of rotatable bonds is 10. The van der Waals surface area contributed by atoms with Gasteiger partial charge in [0.25, 0.3) is 0 Å². The fourth-order valence-electron chi connectivity index (χ4n) is 2.56. The van der Waals surface area contributed by atoms with E-state index in [1.807, 2.05) is 13.0 Å². The molecule has 1 heterocycles. The Kier molecular flexibility index (Phi) is 7.54. The SMILES string of the molecule is CCCCOc1ccc(CNCC2CCCO2)cc1OCC. The highest BCUT2D eigenvalue weighted by Crippen LogP contribution is 2.28. The molecule has 1 N–H and O–H groups in total. The third-order valence-corrected chi connectivity index (χ3v) is 3.79. The van der Waals surface area contributed by atoms with E-state index in [9.17, 15) is 0 Å². The van der Waals surface area contributed by atoms with Gasteiger partial charge in [0, 0.05) is 19.7 Å². The van der Waals surface area contributed by atoms with Crippen molar-refractivity contribution < 1.29 is 14.2 Å². The lowest BCUT2D eigenvalue weighted by atomic mass is 10.2. The van der Waals surface area contributed by atoms with Crippen LogP contribution in [0.2, 0.25) is 0 Å². The van der Waals surface area contributed by atoms with Crippen molar-refractivity contribution in [3.8, 4) is 11.5 Å². The highest BCUT2D eigenvalue weighted by molar-refractivity contribution is 5.43. The van der Waals surface area contributed by atoms with Crippen LogP contribution in [0, 0.1) is 0 Å². The Hall–Kier alpha value is -1.26. The van der Waals surface area contributed by atoms with E-state index in [0.29, 0.717) is 12.7 Å². The molecule has 0 amide bonds. The van der Waals surface area contributed by atoms with Gasteiger partial charge in [-0.15, -0.1) is 0 Å².